The van der Waals surface area contributed by atoms with Gasteiger partial charge in [-0.3, -0.25) is 29.4 Å². The molecule has 0 unspecified atom stereocenters. The third-order valence-corrected chi connectivity index (χ3v) is 6.25. The van der Waals surface area contributed by atoms with Crippen LogP contribution in [0, 0.1) is 33.8 Å². The third-order valence-electron chi connectivity index (χ3n) is 6.25. The first-order valence-electron chi connectivity index (χ1n) is 10.1. The number of imide groups is 1. The number of carbonyl (C=O) groups excluding carboxylic acids is 4. The van der Waals surface area contributed by atoms with E-state index in [-0.39, 0.29) is 29.0 Å². The lowest BCUT2D eigenvalue weighted by atomic mass is 9.85. The molecule has 1 aromatic rings. The molecule has 2 fully saturated rings. The summed E-state index contributed by atoms with van der Waals surface area (Å²) in [7, 11) is 1.37. The van der Waals surface area contributed by atoms with Crippen molar-refractivity contribution in [3.05, 3.63) is 40.5 Å². The predicted molar refractivity (Wildman–Crippen MR) is 108 cm³/mol. The summed E-state index contributed by atoms with van der Waals surface area (Å²) < 4.78 is 9.98. The van der Waals surface area contributed by atoms with E-state index in [0.29, 0.717) is 0 Å². The molecule has 1 saturated carbocycles. The lowest BCUT2D eigenvalue weighted by molar-refractivity contribution is -0.383. The second-order valence-electron chi connectivity index (χ2n) is 8.02. The fraction of sp³-hybridized carbons (Fsp3) is 0.429. The van der Waals surface area contributed by atoms with Gasteiger partial charge < -0.3 is 14.8 Å². The molecule has 32 heavy (non-hydrogen) atoms. The maximum Gasteiger partial charge on any atom is 0.329 e. The van der Waals surface area contributed by atoms with Crippen LogP contribution in [0.2, 0.25) is 0 Å². The van der Waals surface area contributed by atoms with E-state index < -0.39 is 53.1 Å². The molecule has 2 bridgehead atoms. The van der Waals surface area contributed by atoms with Crippen molar-refractivity contribution in [2.45, 2.75) is 19.4 Å². The van der Waals surface area contributed by atoms with Crippen molar-refractivity contribution in [3.63, 3.8) is 0 Å². The van der Waals surface area contributed by atoms with E-state index in [1.807, 2.05) is 12.2 Å². The highest BCUT2D eigenvalue weighted by molar-refractivity contribution is 6.09. The number of nitro benzene ring substituents is 1. The summed E-state index contributed by atoms with van der Waals surface area (Å²) in [6, 6.07) is 2.63. The second kappa shape index (κ2) is 8.06. The average molecular weight is 443 g/mol. The number of allylic oxidation sites excluding steroid dienone is 2. The Bertz CT molecular complexity index is 1020. The number of carbonyl (C=O) groups is 4. The maximum absolute atomic E-state index is 12.8. The van der Waals surface area contributed by atoms with Gasteiger partial charge in [0.25, 0.3) is 11.6 Å². The Morgan fingerprint density at radius 3 is 2.41 bits per heavy atom. The average Bonchev–Trinajstić information content (AvgIpc) is 3.45. The second-order valence-corrected chi connectivity index (χ2v) is 8.02. The van der Waals surface area contributed by atoms with Crippen molar-refractivity contribution in [2.24, 2.45) is 23.7 Å². The van der Waals surface area contributed by atoms with Crippen molar-refractivity contribution in [1.82, 2.24) is 4.90 Å². The largest absolute Gasteiger partial charge is 0.497 e. The molecule has 1 aliphatic heterocycles. The Labute approximate surface area is 182 Å². The smallest absolute Gasteiger partial charge is 0.329 e. The summed E-state index contributed by atoms with van der Waals surface area (Å²) >= 11 is 0. The van der Waals surface area contributed by atoms with E-state index in [1.165, 1.54) is 32.2 Å². The first-order valence-corrected chi connectivity index (χ1v) is 10.1. The molecule has 3 amide bonds. The number of esters is 1. The lowest BCUT2D eigenvalue weighted by Crippen LogP contribution is -2.45. The zero-order valence-electron chi connectivity index (χ0n) is 17.3. The van der Waals surface area contributed by atoms with Gasteiger partial charge >= 0.3 is 5.97 Å². The fourth-order valence-corrected chi connectivity index (χ4v) is 4.76. The topological polar surface area (TPSA) is 145 Å². The third kappa shape index (κ3) is 3.49. The van der Waals surface area contributed by atoms with Crippen molar-refractivity contribution in [1.29, 1.82) is 0 Å². The number of nitro groups is 1. The van der Waals surface area contributed by atoms with Gasteiger partial charge in [0.05, 0.1) is 23.9 Å². The molecular formula is C21H21N3O8. The zero-order chi connectivity index (χ0) is 23.2. The van der Waals surface area contributed by atoms with Gasteiger partial charge in [-0.2, -0.15) is 0 Å². The van der Waals surface area contributed by atoms with E-state index in [9.17, 15) is 29.3 Å². The van der Waals surface area contributed by atoms with Crippen LogP contribution in [0.5, 0.6) is 5.75 Å². The summed E-state index contributed by atoms with van der Waals surface area (Å²) in [6.07, 6.45) is 4.67. The quantitative estimate of drug-likeness (QED) is 0.218. The van der Waals surface area contributed by atoms with Crippen LogP contribution in [0.4, 0.5) is 11.4 Å². The first-order chi connectivity index (χ1) is 15.2. The Kier molecular flexibility index (Phi) is 5.41. The summed E-state index contributed by atoms with van der Waals surface area (Å²) in [4.78, 5) is 61.7. The Hall–Kier alpha value is -3.76. The van der Waals surface area contributed by atoms with Crippen LogP contribution >= 0.6 is 0 Å². The van der Waals surface area contributed by atoms with Gasteiger partial charge in [0.1, 0.15) is 17.5 Å². The highest BCUT2D eigenvalue weighted by Gasteiger charge is 2.60. The molecule has 1 heterocycles. The van der Waals surface area contributed by atoms with Crippen LogP contribution in [0.15, 0.2) is 30.4 Å². The minimum atomic E-state index is -1.18. The molecule has 11 heteroatoms. The normalized spacial score (nSPS) is 26.1. The van der Waals surface area contributed by atoms with E-state index in [0.717, 1.165) is 11.3 Å². The van der Waals surface area contributed by atoms with Crippen molar-refractivity contribution in [2.75, 3.05) is 19.0 Å². The van der Waals surface area contributed by atoms with Gasteiger partial charge in [0, 0.05) is 12.1 Å². The summed E-state index contributed by atoms with van der Waals surface area (Å²) in [5.41, 5.74) is -0.481. The van der Waals surface area contributed by atoms with E-state index in [4.69, 9.17) is 9.47 Å². The summed E-state index contributed by atoms with van der Waals surface area (Å²) in [5.74, 6) is -3.08. The summed E-state index contributed by atoms with van der Waals surface area (Å²) in [6.45, 7) is 0.632. The van der Waals surface area contributed by atoms with Gasteiger partial charge in [0.2, 0.25) is 11.8 Å². The van der Waals surface area contributed by atoms with E-state index in [2.05, 4.69) is 5.32 Å². The minimum Gasteiger partial charge on any atom is -0.497 e. The lowest BCUT2D eigenvalue weighted by Gasteiger charge is -2.23. The van der Waals surface area contributed by atoms with E-state index >= 15 is 0 Å². The molecule has 1 N–H and O–H groups in total. The van der Waals surface area contributed by atoms with Crippen LogP contribution in [0.1, 0.15) is 13.3 Å². The molecule has 1 aromatic carbocycles. The number of fused-ring (bicyclic) bond motifs is 5. The Morgan fingerprint density at radius 1 is 1.22 bits per heavy atom. The molecular weight excluding hydrogens is 422 g/mol. The molecule has 168 valence electrons. The van der Waals surface area contributed by atoms with Crippen molar-refractivity contribution in [3.8, 4) is 5.75 Å². The monoisotopic (exact) mass is 443 g/mol. The fourth-order valence-electron chi connectivity index (χ4n) is 4.76. The number of hydrogen-bond acceptors (Lipinski definition) is 8. The van der Waals surface area contributed by atoms with Crippen LogP contribution in [-0.2, 0) is 23.9 Å². The standard InChI is InChI=1S/C21H21N3O8/c1-10(23-19(26)17-11-3-4-12(7-11)18(17)20(23)27)21(28)32-9-16(25)22-14-8-13(31-2)5-6-15(14)24(29)30/h3-6,8,10-12,17-18H,7,9H2,1-2H3,(H,22,25)/t10-,11-,12-,17-,18-/m0/s1. The van der Waals surface area contributed by atoms with Gasteiger partial charge in [-0.05, 0) is 31.2 Å². The zero-order valence-corrected chi connectivity index (χ0v) is 17.3. The number of amides is 3. The maximum atomic E-state index is 12.8. The molecule has 1 saturated heterocycles. The first kappa shape index (κ1) is 21.5. The van der Waals surface area contributed by atoms with Gasteiger partial charge in [-0.25, -0.2) is 4.79 Å². The number of benzene rings is 1. The number of methoxy groups -OCH3 is 1. The Morgan fingerprint density at radius 2 is 1.84 bits per heavy atom. The number of ether oxygens (including phenoxy) is 2. The van der Waals surface area contributed by atoms with Crippen LogP contribution in [0.25, 0.3) is 0 Å². The summed E-state index contributed by atoms with van der Waals surface area (Å²) in [5, 5.41) is 13.5. The van der Waals surface area contributed by atoms with Crippen LogP contribution < -0.4 is 10.1 Å². The number of likely N-dealkylation sites (tertiary alicyclic amines) is 1. The van der Waals surface area contributed by atoms with E-state index in [1.54, 1.807) is 0 Å². The van der Waals surface area contributed by atoms with Gasteiger partial charge in [0.15, 0.2) is 6.61 Å². The molecule has 3 aliphatic rings. The Balaban J connectivity index is 1.37. The van der Waals surface area contributed by atoms with Crippen molar-refractivity contribution < 1.29 is 33.6 Å². The number of hydrogen-bond donors (Lipinski definition) is 1. The molecule has 5 atom stereocenters. The SMILES string of the molecule is COc1ccc([N+](=O)[O-])c(NC(=O)COC(=O)[C@H](C)N2C(=O)[C@@H]3[C@@H](C2=O)[C@H]2C=C[C@H]3C2)c1. The highest BCUT2D eigenvalue weighted by Crippen LogP contribution is 2.52. The minimum absolute atomic E-state index is 0.0131. The van der Waals surface area contributed by atoms with Crippen LogP contribution in [-0.4, -0.2) is 53.3 Å². The molecule has 0 spiro atoms. The molecule has 0 aromatic heterocycles. The molecule has 0 radical (unpaired) electrons. The van der Waals surface area contributed by atoms with Crippen LogP contribution in [0.3, 0.4) is 0 Å². The highest BCUT2D eigenvalue weighted by atomic mass is 16.6. The van der Waals surface area contributed by atoms with Gasteiger partial charge in [-0.1, -0.05) is 12.2 Å². The molecule has 2 aliphatic carbocycles. The molecule has 11 nitrogen and oxygen atoms in total. The number of rotatable bonds is 7. The molecule has 4 rings (SSSR count). The number of nitrogens with zero attached hydrogens (tertiary/aromatic N) is 2. The number of nitrogens with one attached hydrogen (secondary N) is 1. The van der Waals surface area contributed by atoms with Crippen molar-refractivity contribution >= 4 is 35.1 Å². The number of anilines is 1. The van der Waals surface area contributed by atoms with Gasteiger partial charge in [-0.15, -0.1) is 0 Å². The predicted octanol–water partition coefficient (Wildman–Crippen LogP) is 1.28.